The summed E-state index contributed by atoms with van der Waals surface area (Å²) in [7, 11) is 0. The molecule has 1 rings (SSSR count). The quantitative estimate of drug-likeness (QED) is 0.732. The molecule has 0 aliphatic carbocycles. The van der Waals surface area contributed by atoms with Gasteiger partial charge in [-0.25, -0.2) is 0 Å². The average molecular weight is 264 g/mol. The topological polar surface area (TPSA) is 55.6 Å². The predicted octanol–water partition coefficient (Wildman–Crippen LogP) is 2.10. The molecule has 0 aliphatic heterocycles. The second kappa shape index (κ2) is 8.67. The number of nitrogens with zero attached hydrogens (tertiary/aromatic N) is 1. The third kappa shape index (κ3) is 5.41. The lowest BCUT2D eigenvalue weighted by molar-refractivity contribution is -0.119. The number of anilines is 1. The van der Waals surface area contributed by atoms with Crippen molar-refractivity contribution >= 4 is 11.6 Å². The first kappa shape index (κ1) is 15.7. The van der Waals surface area contributed by atoms with Crippen LogP contribution in [0.3, 0.4) is 0 Å². The monoisotopic (exact) mass is 264 g/mol. The van der Waals surface area contributed by atoms with E-state index in [0.29, 0.717) is 32.7 Å². The first-order chi connectivity index (χ1) is 9.19. The Morgan fingerprint density at radius 3 is 2.84 bits per heavy atom. The van der Waals surface area contributed by atoms with E-state index in [1.807, 2.05) is 38.1 Å². The SMILES string of the molecule is CCOCCC(=O)N(CCCN)c1cccc(C)c1. The van der Waals surface area contributed by atoms with Crippen molar-refractivity contribution in [3.8, 4) is 0 Å². The molecule has 0 heterocycles. The van der Waals surface area contributed by atoms with Gasteiger partial charge < -0.3 is 15.4 Å². The molecule has 0 spiro atoms. The van der Waals surface area contributed by atoms with E-state index in [1.165, 1.54) is 0 Å². The maximum atomic E-state index is 12.2. The van der Waals surface area contributed by atoms with E-state index in [0.717, 1.165) is 17.7 Å². The van der Waals surface area contributed by atoms with Gasteiger partial charge in [0.05, 0.1) is 13.0 Å². The zero-order valence-corrected chi connectivity index (χ0v) is 11.9. The number of aryl methyl sites for hydroxylation is 1. The van der Waals surface area contributed by atoms with Gasteiger partial charge in [-0.1, -0.05) is 12.1 Å². The molecule has 0 radical (unpaired) electrons. The van der Waals surface area contributed by atoms with Crippen LogP contribution in [0.1, 0.15) is 25.3 Å². The van der Waals surface area contributed by atoms with Crippen molar-refractivity contribution in [1.29, 1.82) is 0 Å². The molecule has 4 heteroatoms. The van der Waals surface area contributed by atoms with Crippen LogP contribution >= 0.6 is 0 Å². The van der Waals surface area contributed by atoms with Gasteiger partial charge in [0.2, 0.25) is 5.91 Å². The second-order valence-corrected chi connectivity index (χ2v) is 4.47. The zero-order chi connectivity index (χ0) is 14.1. The van der Waals surface area contributed by atoms with Crippen molar-refractivity contribution in [3.05, 3.63) is 29.8 Å². The van der Waals surface area contributed by atoms with Gasteiger partial charge in [0.25, 0.3) is 0 Å². The number of rotatable bonds is 8. The van der Waals surface area contributed by atoms with Gasteiger partial charge in [0, 0.05) is 18.8 Å². The summed E-state index contributed by atoms with van der Waals surface area (Å²) < 4.78 is 5.25. The number of benzene rings is 1. The summed E-state index contributed by atoms with van der Waals surface area (Å²) >= 11 is 0. The minimum Gasteiger partial charge on any atom is -0.381 e. The van der Waals surface area contributed by atoms with Crippen LogP contribution in [0.25, 0.3) is 0 Å². The standard InChI is InChI=1S/C15H24N2O2/c1-3-19-11-8-15(18)17(10-5-9-16)14-7-4-6-13(2)12-14/h4,6-7,12H,3,5,8-11,16H2,1-2H3. The molecule has 19 heavy (non-hydrogen) atoms. The highest BCUT2D eigenvalue weighted by molar-refractivity contribution is 5.93. The summed E-state index contributed by atoms with van der Waals surface area (Å²) in [5.41, 5.74) is 7.63. The summed E-state index contributed by atoms with van der Waals surface area (Å²) in [6, 6.07) is 7.97. The third-order valence-corrected chi connectivity index (χ3v) is 2.86. The fraction of sp³-hybridized carbons (Fsp3) is 0.533. The van der Waals surface area contributed by atoms with Crippen molar-refractivity contribution in [2.75, 3.05) is 31.2 Å². The third-order valence-electron chi connectivity index (χ3n) is 2.86. The smallest absolute Gasteiger partial charge is 0.229 e. The van der Waals surface area contributed by atoms with E-state index >= 15 is 0 Å². The average Bonchev–Trinajstić information content (AvgIpc) is 2.39. The van der Waals surface area contributed by atoms with Gasteiger partial charge in [-0.15, -0.1) is 0 Å². The number of nitrogens with two attached hydrogens (primary N) is 1. The Labute approximate surface area is 115 Å². The summed E-state index contributed by atoms with van der Waals surface area (Å²) in [6.45, 7) is 6.30. The predicted molar refractivity (Wildman–Crippen MR) is 78.3 cm³/mol. The molecule has 2 N–H and O–H groups in total. The molecule has 0 atom stereocenters. The number of hydrogen-bond acceptors (Lipinski definition) is 3. The Morgan fingerprint density at radius 1 is 1.42 bits per heavy atom. The number of carbonyl (C=O) groups is 1. The van der Waals surface area contributed by atoms with Crippen LogP contribution in [-0.2, 0) is 9.53 Å². The number of hydrogen-bond donors (Lipinski definition) is 1. The van der Waals surface area contributed by atoms with E-state index in [4.69, 9.17) is 10.5 Å². The zero-order valence-electron chi connectivity index (χ0n) is 11.9. The summed E-state index contributed by atoms with van der Waals surface area (Å²) in [5, 5.41) is 0. The van der Waals surface area contributed by atoms with Crippen LogP contribution in [0.2, 0.25) is 0 Å². The van der Waals surface area contributed by atoms with E-state index in [-0.39, 0.29) is 5.91 Å². The molecule has 106 valence electrons. The number of carbonyl (C=O) groups excluding carboxylic acids is 1. The maximum absolute atomic E-state index is 12.2. The van der Waals surface area contributed by atoms with Crippen molar-refractivity contribution in [3.63, 3.8) is 0 Å². The van der Waals surface area contributed by atoms with Gasteiger partial charge in [-0.2, -0.15) is 0 Å². The molecule has 4 nitrogen and oxygen atoms in total. The van der Waals surface area contributed by atoms with Crippen LogP contribution in [0.5, 0.6) is 0 Å². The first-order valence-corrected chi connectivity index (χ1v) is 6.84. The fourth-order valence-electron chi connectivity index (χ4n) is 1.88. The highest BCUT2D eigenvalue weighted by atomic mass is 16.5. The Balaban J connectivity index is 2.73. The highest BCUT2D eigenvalue weighted by Gasteiger charge is 2.14. The molecule has 0 unspecified atom stereocenters. The molecule has 0 aromatic heterocycles. The van der Waals surface area contributed by atoms with E-state index in [2.05, 4.69) is 0 Å². The van der Waals surface area contributed by atoms with Crippen LogP contribution in [-0.4, -0.2) is 32.2 Å². The molecule has 0 saturated heterocycles. The molecule has 1 amide bonds. The minimum atomic E-state index is 0.0903. The summed E-state index contributed by atoms with van der Waals surface area (Å²) in [5.74, 6) is 0.0903. The van der Waals surface area contributed by atoms with Gasteiger partial charge in [-0.05, 0) is 44.5 Å². The Morgan fingerprint density at radius 2 is 2.21 bits per heavy atom. The van der Waals surface area contributed by atoms with Crippen molar-refractivity contribution < 1.29 is 9.53 Å². The van der Waals surface area contributed by atoms with Gasteiger partial charge in [0.1, 0.15) is 0 Å². The van der Waals surface area contributed by atoms with Crippen LogP contribution in [0, 0.1) is 6.92 Å². The largest absolute Gasteiger partial charge is 0.381 e. The van der Waals surface area contributed by atoms with Crippen molar-refractivity contribution in [1.82, 2.24) is 0 Å². The van der Waals surface area contributed by atoms with Crippen molar-refractivity contribution in [2.45, 2.75) is 26.7 Å². The lowest BCUT2D eigenvalue weighted by Gasteiger charge is -2.23. The lowest BCUT2D eigenvalue weighted by Crippen LogP contribution is -2.33. The van der Waals surface area contributed by atoms with Crippen molar-refractivity contribution in [2.24, 2.45) is 5.73 Å². The Hall–Kier alpha value is -1.39. The summed E-state index contributed by atoms with van der Waals surface area (Å²) in [6.07, 6.45) is 1.21. The van der Waals surface area contributed by atoms with Crippen LogP contribution in [0.4, 0.5) is 5.69 Å². The summed E-state index contributed by atoms with van der Waals surface area (Å²) in [4.78, 5) is 14.0. The molecular formula is C15H24N2O2. The normalized spacial score (nSPS) is 10.5. The fourth-order valence-corrected chi connectivity index (χ4v) is 1.88. The molecule has 1 aromatic carbocycles. The Bertz CT molecular complexity index is 393. The molecule has 1 aromatic rings. The Kier molecular flexibility index (Phi) is 7.15. The van der Waals surface area contributed by atoms with E-state index in [1.54, 1.807) is 4.90 Å². The first-order valence-electron chi connectivity index (χ1n) is 6.84. The van der Waals surface area contributed by atoms with Gasteiger partial charge >= 0.3 is 0 Å². The molecule has 0 bridgehead atoms. The molecule has 0 fully saturated rings. The molecule has 0 aliphatic rings. The van der Waals surface area contributed by atoms with Crippen LogP contribution < -0.4 is 10.6 Å². The second-order valence-electron chi connectivity index (χ2n) is 4.47. The molecule has 0 saturated carbocycles. The molecular weight excluding hydrogens is 240 g/mol. The maximum Gasteiger partial charge on any atom is 0.229 e. The van der Waals surface area contributed by atoms with E-state index < -0.39 is 0 Å². The number of ether oxygens (including phenoxy) is 1. The lowest BCUT2D eigenvalue weighted by atomic mass is 10.2. The van der Waals surface area contributed by atoms with Gasteiger partial charge in [0.15, 0.2) is 0 Å². The minimum absolute atomic E-state index is 0.0903. The number of amides is 1. The highest BCUT2D eigenvalue weighted by Crippen LogP contribution is 2.17. The van der Waals surface area contributed by atoms with Gasteiger partial charge in [-0.3, -0.25) is 4.79 Å². The van der Waals surface area contributed by atoms with Crippen LogP contribution in [0.15, 0.2) is 24.3 Å². The van der Waals surface area contributed by atoms with E-state index in [9.17, 15) is 4.79 Å².